The Balaban J connectivity index is 2.26. The van der Waals surface area contributed by atoms with Crippen molar-refractivity contribution >= 4 is 20.9 Å². The molecule has 0 aliphatic rings. The Hall–Kier alpha value is -1.40. The second kappa shape index (κ2) is 4.85. The maximum absolute atomic E-state index is 11.9. The fourth-order valence-electron chi connectivity index (χ4n) is 1.61. The monoisotopic (exact) mass is 253 g/mol. The van der Waals surface area contributed by atoms with Crippen molar-refractivity contribution in [2.75, 3.05) is 12.3 Å². The minimum Gasteiger partial charge on any atom is -0.330 e. The highest BCUT2D eigenvalue weighted by atomic mass is 32.2. The van der Waals surface area contributed by atoms with Crippen molar-refractivity contribution in [2.45, 2.75) is 18.0 Å². The predicted molar refractivity (Wildman–Crippen MR) is 66.4 cm³/mol. The summed E-state index contributed by atoms with van der Waals surface area (Å²) in [5.74, 6) is 0.0873. The molecule has 0 saturated heterocycles. The number of H-pyrrole nitrogens is 1. The van der Waals surface area contributed by atoms with Crippen molar-refractivity contribution in [2.24, 2.45) is 5.73 Å². The molecular weight excluding hydrogens is 238 g/mol. The summed E-state index contributed by atoms with van der Waals surface area (Å²) in [7, 11) is -3.32. The van der Waals surface area contributed by atoms with Crippen molar-refractivity contribution < 1.29 is 8.42 Å². The zero-order valence-electron chi connectivity index (χ0n) is 9.39. The van der Waals surface area contributed by atoms with Crippen LogP contribution in [0, 0.1) is 0 Å². The number of para-hydroxylation sites is 2. The molecule has 0 amide bonds. The van der Waals surface area contributed by atoms with Gasteiger partial charge in [-0.05, 0) is 31.5 Å². The lowest BCUT2D eigenvalue weighted by atomic mass is 10.3. The number of nitrogens with two attached hydrogens (primary N) is 1. The van der Waals surface area contributed by atoms with Crippen LogP contribution in [0.4, 0.5) is 0 Å². The topological polar surface area (TPSA) is 88.8 Å². The van der Waals surface area contributed by atoms with Crippen LogP contribution in [0.25, 0.3) is 11.0 Å². The molecule has 0 radical (unpaired) electrons. The molecule has 0 fully saturated rings. The van der Waals surface area contributed by atoms with Gasteiger partial charge in [0.25, 0.3) is 0 Å². The molecule has 17 heavy (non-hydrogen) atoms. The quantitative estimate of drug-likeness (QED) is 0.780. The zero-order chi connectivity index (χ0) is 12.3. The van der Waals surface area contributed by atoms with Crippen LogP contribution in [-0.4, -0.2) is 30.7 Å². The second-order valence-corrected chi connectivity index (χ2v) is 5.90. The predicted octanol–water partition coefficient (Wildman–Crippen LogP) is 1.08. The molecular formula is C11H15N3O2S. The molecule has 0 bridgehead atoms. The molecule has 0 aliphatic carbocycles. The number of sulfone groups is 1. The summed E-state index contributed by atoms with van der Waals surface area (Å²) in [5, 5.41) is 0.0516. The Bertz CT molecular complexity index is 571. The van der Waals surface area contributed by atoms with Gasteiger partial charge in [-0.2, -0.15) is 0 Å². The van der Waals surface area contributed by atoms with Crippen LogP contribution >= 0.6 is 0 Å². The summed E-state index contributed by atoms with van der Waals surface area (Å²) in [6.45, 7) is 0.510. The Morgan fingerprint density at radius 2 is 2.00 bits per heavy atom. The molecule has 1 heterocycles. The number of aromatic nitrogens is 2. The first-order valence-electron chi connectivity index (χ1n) is 5.51. The minimum atomic E-state index is -3.32. The number of nitrogens with one attached hydrogen (secondary N) is 1. The maximum atomic E-state index is 11.9. The first kappa shape index (κ1) is 12.1. The molecule has 0 aliphatic heterocycles. The highest BCUT2D eigenvalue weighted by Crippen LogP contribution is 2.15. The van der Waals surface area contributed by atoms with E-state index in [0.29, 0.717) is 24.9 Å². The van der Waals surface area contributed by atoms with Gasteiger partial charge in [0, 0.05) is 0 Å². The van der Waals surface area contributed by atoms with E-state index in [1.165, 1.54) is 0 Å². The third kappa shape index (κ3) is 2.65. The van der Waals surface area contributed by atoms with Crippen LogP contribution in [0.3, 0.4) is 0 Å². The van der Waals surface area contributed by atoms with Crippen molar-refractivity contribution in [3.05, 3.63) is 24.3 Å². The summed E-state index contributed by atoms with van der Waals surface area (Å²) in [6, 6.07) is 7.26. The van der Waals surface area contributed by atoms with Crippen LogP contribution in [0.1, 0.15) is 12.8 Å². The van der Waals surface area contributed by atoms with Crippen LogP contribution in [0.2, 0.25) is 0 Å². The number of aromatic amines is 1. The van der Waals surface area contributed by atoms with Crippen LogP contribution in [0.15, 0.2) is 29.4 Å². The molecule has 0 atom stereocenters. The summed E-state index contributed by atoms with van der Waals surface area (Å²) in [6.07, 6.45) is 1.27. The highest BCUT2D eigenvalue weighted by molar-refractivity contribution is 7.91. The van der Waals surface area contributed by atoms with E-state index in [2.05, 4.69) is 9.97 Å². The highest BCUT2D eigenvalue weighted by Gasteiger charge is 2.18. The number of hydrogen-bond donors (Lipinski definition) is 2. The van der Waals surface area contributed by atoms with Gasteiger partial charge in [-0.25, -0.2) is 13.4 Å². The van der Waals surface area contributed by atoms with Gasteiger partial charge < -0.3 is 10.7 Å². The smallest absolute Gasteiger partial charge is 0.226 e. The third-order valence-electron chi connectivity index (χ3n) is 2.53. The van der Waals surface area contributed by atoms with E-state index in [1.54, 1.807) is 12.1 Å². The standard InChI is InChI=1S/C11H15N3O2S/c12-7-3-4-8-17(15,16)11-13-9-5-1-2-6-10(9)14-11/h1-2,5-6H,3-4,7-8,12H2,(H,13,14). The molecule has 3 N–H and O–H groups in total. The van der Waals surface area contributed by atoms with Crippen molar-refractivity contribution in [1.29, 1.82) is 0 Å². The van der Waals surface area contributed by atoms with E-state index >= 15 is 0 Å². The van der Waals surface area contributed by atoms with Crippen molar-refractivity contribution in [1.82, 2.24) is 9.97 Å². The lowest BCUT2D eigenvalue weighted by Crippen LogP contribution is -2.10. The molecule has 0 unspecified atom stereocenters. The summed E-state index contributed by atoms with van der Waals surface area (Å²) in [4.78, 5) is 6.92. The van der Waals surface area contributed by atoms with Gasteiger partial charge in [0.1, 0.15) is 0 Å². The van der Waals surface area contributed by atoms with Gasteiger partial charge in [0.15, 0.2) is 0 Å². The lowest BCUT2D eigenvalue weighted by molar-refractivity contribution is 0.585. The van der Waals surface area contributed by atoms with Gasteiger partial charge in [-0.3, -0.25) is 0 Å². The number of rotatable bonds is 5. The largest absolute Gasteiger partial charge is 0.330 e. The van der Waals surface area contributed by atoms with Gasteiger partial charge in [-0.15, -0.1) is 0 Å². The molecule has 6 heteroatoms. The van der Waals surface area contributed by atoms with Crippen LogP contribution in [0.5, 0.6) is 0 Å². The molecule has 0 saturated carbocycles. The number of benzene rings is 1. The first-order valence-corrected chi connectivity index (χ1v) is 7.16. The number of imidazole rings is 1. The SMILES string of the molecule is NCCCCS(=O)(=O)c1nc2ccccc2[nH]1. The lowest BCUT2D eigenvalue weighted by Gasteiger charge is -1.99. The molecule has 1 aromatic heterocycles. The van der Waals surface area contributed by atoms with E-state index < -0.39 is 9.84 Å². The Morgan fingerprint density at radius 1 is 1.24 bits per heavy atom. The van der Waals surface area contributed by atoms with E-state index in [9.17, 15) is 8.42 Å². The van der Waals surface area contributed by atoms with Gasteiger partial charge in [0.2, 0.25) is 15.0 Å². The zero-order valence-corrected chi connectivity index (χ0v) is 10.2. The van der Waals surface area contributed by atoms with Crippen molar-refractivity contribution in [3.8, 4) is 0 Å². The van der Waals surface area contributed by atoms with E-state index in [1.807, 2.05) is 12.1 Å². The van der Waals surface area contributed by atoms with E-state index in [0.717, 1.165) is 5.52 Å². The van der Waals surface area contributed by atoms with Crippen molar-refractivity contribution in [3.63, 3.8) is 0 Å². The average Bonchev–Trinajstić information content (AvgIpc) is 2.73. The summed E-state index contributed by atoms with van der Waals surface area (Å²) >= 11 is 0. The molecule has 2 rings (SSSR count). The fraction of sp³-hybridized carbons (Fsp3) is 0.364. The van der Waals surface area contributed by atoms with Crippen LogP contribution in [-0.2, 0) is 9.84 Å². The normalized spacial score (nSPS) is 12.1. The number of unbranched alkanes of at least 4 members (excludes halogenated alkanes) is 1. The average molecular weight is 253 g/mol. The van der Waals surface area contributed by atoms with Gasteiger partial charge in [-0.1, -0.05) is 12.1 Å². The molecule has 2 aromatic rings. The summed E-state index contributed by atoms with van der Waals surface area (Å²) < 4.78 is 23.9. The molecule has 0 spiro atoms. The summed E-state index contributed by atoms with van der Waals surface area (Å²) in [5.41, 5.74) is 6.75. The number of hydrogen-bond acceptors (Lipinski definition) is 4. The third-order valence-corrected chi connectivity index (χ3v) is 4.14. The minimum absolute atomic E-state index is 0.0516. The van der Waals surface area contributed by atoms with E-state index in [-0.39, 0.29) is 10.9 Å². The Labute approximate surface area is 100.0 Å². The van der Waals surface area contributed by atoms with Crippen LogP contribution < -0.4 is 5.73 Å². The number of nitrogens with zero attached hydrogens (tertiary/aromatic N) is 1. The van der Waals surface area contributed by atoms with Gasteiger partial charge in [0.05, 0.1) is 16.8 Å². The molecule has 5 nitrogen and oxygen atoms in total. The Kier molecular flexibility index (Phi) is 3.44. The van der Waals surface area contributed by atoms with Gasteiger partial charge >= 0.3 is 0 Å². The maximum Gasteiger partial charge on any atom is 0.226 e. The second-order valence-electron chi connectivity index (χ2n) is 3.87. The fourth-order valence-corrected chi connectivity index (χ4v) is 2.89. The first-order chi connectivity index (χ1) is 8.13. The number of fused-ring (bicyclic) bond motifs is 1. The Morgan fingerprint density at radius 3 is 2.71 bits per heavy atom. The van der Waals surface area contributed by atoms with E-state index in [4.69, 9.17) is 5.73 Å². The molecule has 1 aromatic carbocycles. The molecule has 92 valence electrons.